The summed E-state index contributed by atoms with van der Waals surface area (Å²) in [6, 6.07) is 0.385. The standard InChI is InChI=1S/C13H26N2O/c1-10(9-14-4)12(16)15-11-6-5-7-13(2,3)8-11/h10-11,14H,5-9H2,1-4H3,(H,15,16). The fraction of sp³-hybridized carbons (Fsp3) is 0.923. The number of rotatable bonds is 4. The van der Waals surface area contributed by atoms with Crippen LogP contribution >= 0.6 is 0 Å². The van der Waals surface area contributed by atoms with E-state index in [2.05, 4.69) is 24.5 Å². The molecular formula is C13H26N2O. The third kappa shape index (κ3) is 4.12. The maximum absolute atomic E-state index is 11.9. The van der Waals surface area contributed by atoms with Crippen molar-refractivity contribution in [3.8, 4) is 0 Å². The molecule has 94 valence electrons. The van der Waals surface area contributed by atoms with Crippen LogP contribution in [0.2, 0.25) is 0 Å². The Morgan fingerprint density at radius 3 is 2.75 bits per heavy atom. The zero-order valence-corrected chi connectivity index (χ0v) is 11.1. The minimum atomic E-state index is 0.0649. The van der Waals surface area contributed by atoms with Gasteiger partial charge in [0.25, 0.3) is 0 Å². The predicted octanol–water partition coefficient (Wildman–Crippen LogP) is 1.93. The van der Waals surface area contributed by atoms with Gasteiger partial charge in [-0.2, -0.15) is 0 Å². The maximum Gasteiger partial charge on any atom is 0.224 e. The van der Waals surface area contributed by atoms with Crippen LogP contribution in [0.3, 0.4) is 0 Å². The predicted molar refractivity (Wildman–Crippen MR) is 67.3 cm³/mol. The molecule has 0 radical (unpaired) electrons. The van der Waals surface area contributed by atoms with E-state index in [4.69, 9.17) is 0 Å². The molecule has 2 unspecified atom stereocenters. The van der Waals surface area contributed by atoms with Gasteiger partial charge in [-0.05, 0) is 31.7 Å². The summed E-state index contributed by atoms with van der Waals surface area (Å²) < 4.78 is 0. The Morgan fingerprint density at radius 1 is 1.50 bits per heavy atom. The van der Waals surface area contributed by atoms with E-state index in [0.29, 0.717) is 11.5 Å². The zero-order valence-electron chi connectivity index (χ0n) is 11.1. The molecule has 1 amide bonds. The lowest BCUT2D eigenvalue weighted by atomic mass is 9.75. The Bertz CT molecular complexity index is 238. The Labute approximate surface area is 99.4 Å². The van der Waals surface area contributed by atoms with Gasteiger partial charge in [-0.25, -0.2) is 0 Å². The second-order valence-corrected chi connectivity index (χ2v) is 5.92. The van der Waals surface area contributed by atoms with Crippen molar-refractivity contribution in [3.63, 3.8) is 0 Å². The molecule has 0 heterocycles. The molecule has 16 heavy (non-hydrogen) atoms. The minimum Gasteiger partial charge on any atom is -0.353 e. The van der Waals surface area contributed by atoms with E-state index in [9.17, 15) is 4.79 Å². The summed E-state index contributed by atoms with van der Waals surface area (Å²) in [5.41, 5.74) is 0.391. The second kappa shape index (κ2) is 5.67. The van der Waals surface area contributed by atoms with Crippen molar-refractivity contribution in [2.45, 2.75) is 52.5 Å². The summed E-state index contributed by atoms with van der Waals surface area (Å²) in [4.78, 5) is 11.9. The molecule has 1 aliphatic rings. The number of carbonyl (C=O) groups is 1. The molecule has 1 rings (SSSR count). The first-order valence-corrected chi connectivity index (χ1v) is 6.39. The fourth-order valence-corrected chi connectivity index (χ4v) is 2.56. The van der Waals surface area contributed by atoms with Crippen molar-refractivity contribution in [2.75, 3.05) is 13.6 Å². The first-order chi connectivity index (χ1) is 7.44. The van der Waals surface area contributed by atoms with Gasteiger partial charge < -0.3 is 10.6 Å². The quantitative estimate of drug-likeness (QED) is 0.769. The maximum atomic E-state index is 11.9. The van der Waals surface area contributed by atoms with Gasteiger partial charge in [-0.3, -0.25) is 4.79 Å². The fourth-order valence-electron chi connectivity index (χ4n) is 2.56. The van der Waals surface area contributed by atoms with Gasteiger partial charge in [0.05, 0.1) is 0 Å². The largest absolute Gasteiger partial charge is 0.353 e. The van der Waals surface area contributed by atoms with Crippen molar-refractivity contribution < 1.29 is 4.79 Å². The van der Waals surface area contributed by atoms with Gasteiger partial charge in [-0.1, -0.05) is 27.2 Å². The number of carbonyl (C=O) groups excluding carboxylic acids is 1. The average Bonchev–Trinajstić information content (AvgIpc) is 2.16. The third-order valence-electron chi connectivity index (χ3n) is 3.51. The molecule has 2 atom stereocenters. The molecule has 0 spiro atoms. The summed E-state index contributed by atoms with van der Waals surface area (Å²) >= 11 is 0. The molecule has 0 aromatic carbocycles. The summed E-state index contributed by atoms with van der Waals surface area (Å²) in [7, 11) is 1.88. The highest BCUT2D eigenvalue weighted by atomic mass is 16.1. The van der Waals surface area contributed by atoms with E-state index in [1.165, 1.54) is 12.8 Å². The van der Waals surface area contributed by atoms with Crippen LogP contribution in [0.1, 0.15) is 46.5 Å². The average molecular weight is 226 g/mol. The van der Waals surface area contributed by atoms with E-state index < -0.39 is 0 Å². The molecule has 1 fully saturated rings. The lowest BCUT2D eigenvalue weighted by Gasteiger charge is -2.36. The highest BCUT2D eigenvalue weighted by Crippen LogP contribution is 2.35. The molecular weight excluding hydrogens is 200 g/mol. The van der Waals surface area contributed by atoms with Crippen molar-refractivity contribution in [1.29, 1.82) is 0 Å². The molecule has 2 N–H and O–H groups in total. The highest BCUT2D eigenvalue weighted by Gasteiger charge is 2.29. The molecule has 0 aliphatic heterocycles. The third-order valence-corrected chi connectivity index (χ3v) is 3.51. The molecule has 0 aromatic heterocycles. The number of amides is 1. The van der Waals surface area contributed by atoms with Gasteiger partial charge in [-0.15, -0.1) is 0 Å². The minimum absolute atomic E-state index is 0.0649. The van der Waals surface area contributed by atoms with Gasteiger partial charge in [0.2, 0.25) is 5.91 Å². The normalized spacial score (nSPS) is 26.1. The summed E-state index contributed by atoms with van der Waals surface area (Å²) in [6.45, 7) is 7.31. The van der Waals surface area contributed by atoms with Crippen LogP contribution in [-0.4, -0.2) is 25.5 Å². The molecule has 0 saturated heterocycles. The van der Waals surface area contributed by atoms with Crippen molar-refractivity contribution in [2.24, 2.45) is 11.3 Å². The molecule has 3 nitrogen and oxygen atoms in total. The van der Waals surface area contributed by atoms with Gasteiger partial charge in [0, 0.05) is 18.5 Å². The van der Waals surface area contributed by atoms with Crippen LogP contribution in [0.15, 0.2) is 0 Å². The van der Waals surface area contributed by atoms with Crippen LogP contribution < -0.4 is 10.6 Å². The van der Waals surface area contributed by atoms with Crippen LogP contribution in [0, 0.1) is 11.3 Å². The Balaban J connectivity index is 2.39. The number of hydrogen-bond donors (Lipinski definition) is 2. The van der Waals surface area contributed by atoms with Crippen LogP contribution in [0.4, 0.5) is 0 Å². The van der Waals surface area contributed by atoms with Crippen LogP contribution in [-0.2, 0) is 4.79 Å². The molecule has 0 bridgehead atoms. The Morgan fingerprint density at radius 2 is 2.19 bits per heavy atom. The van der Waals surface area contributed by atoms with Gasteiger partial charge in [0.15, 0.2) is 0 Å². The van der Waals surface area contributed by atoms with Gasteiger partial charge in [0.1, 0.15) is 0 Å². The highest BCUT2D eigenvalue weighted by molar-refractivity contribution is 5.78. The van der Waals surface area contributed by atoms with Crippen molar-refractivity contribution in [1.82, 2.24) is 10.6 Å². The Kier molecular flexibility index (Phi) is 4.78. The van der Waals surface area contributed by atoms with E-state index in [1.54, 1.807) is 0 Å². The molecule has 0 aromatic rings. The number of hydrogen-bond acceptors (Lipinski definition) is 2. The van der Waals surface area contributed by atoms with E-state index in [-0.39, 0.29) is 11.8 Å². The van der Waals surface area contributed by atoms with E-state index >= 15 is 0 Å². The summed E-state index contributed by atoms with van der Waals surface area (Å²) in [6.07, 6.45) is 4.77. The number of nitrogens with one attached hydrogen (secondary N) is 2. The first-order valence-electron chi connectivity index (χ1n) is 6.39. The zero-order chi connectivity index (χ0) is 12.2. The van der Waals surface area contributed by atoms with E-state index in [1.807, 2.05) is 14.0 Å². The molecule has 1 saturated carbocycles. The SMILES string of the molecule is CNCC(C)C(=O)NC1CCCC(C)(C)C1. The van der Waals surface area contributed by atoms with Crippen molar-refractivity contribution in [3.05, 3.63) is 0 Å². The second-order valence-electron chi connectivity index (χ2n) is 5.92. The topological polar surface area (TPSA) is 41.1 Å². The molecule has 3 heteroatoms. The Hall–Kier alpha value is -0.570. The monoisotopic (exact) mass is 226 g/mol. The lowest BCUT2D eigenvalue weighted by molar-refractivity contribution is -0.125. The van der Waals surface area contributed by atoms with Crippen molar-refractivity contribution >= 4 is 5.91 Å². The lowest BCUT2D eigenvalue weighted by Crippen LogP contribution is -2.44. The first kappa shape index (κ1) is 13.5. The smallest absolute Gasteiger partial charge is 0.224 e. The van der Waals surface area contributed by atoms with E-state index in [0.717, 1.165) is 19.4 Å². The van der Waals surface area contributed by atoms with Crippen LogP contribution in [0.25, 0.3) is 0 Å². The molecule has 1 aliphatic carbocycles. The van der Waals surface area contributed by atoms with Crippen LogP contribution in [0.5, 0.6) is 0 Å². The summed E-state index contributed by atoms with van der Waals surface area (Å²) in [5.74, 6) is 0.257. The van der Waals surface area contributed by atoms with Gasteiger partial charge >= 0.3 is 0 Å². The summed E-state index contributed by atoms with van der Waals surface area (Å²) in [5, 5.41) is 6.22.